The summed E-state index contributed by atoms with van der Waals surface area (Å²) in [5, 5.41) is 10.8. The number of thioether (sulfide) groups is 1. The van der Waals surface area contributed by atoms with Gasteiger partial charge in [0.05, 0.1) is 6.10 Å². The predicted octanol–water partition coefficient (Wildman–Crippen LogP) is 3.28. The van der Waals surface area contributed by atoms with E-state index in [9.17, 15) is 5.11 Å². The summed E-state index contributed by atoms with van der Waals surface area (Å²) in [4.78, 5) is 0. The van der Waals surface area contributed by atoms with Gasteiger partial charge in [-0.3, -0.25) is 0 Å². The molecule has 18 heavy (non-hydrogen) atoms. The van der Waals surface area contributed by atoms with E-state index in [-0.39, 0.29) is 5.25 Å². The molecule has 3 rings (SSSR count). The first kappa shape index (κ1) is 12.6. The van der Waals surface area contributed by atoms with E-state index in [0.29, 0.717) is 13.2 Å². The van der Waals surface area contributed by atoms with Gasteiger partial charge < -0.3 is 14.6 Å². The highest BCUT2D eigenvalue weighted by atomic mass is 79.9. The standard InChI is InChI=1S/C13H15BrO3S/c1-2-10-12(15)11-7(6-18-10)8(14)5-9-13(11)17-4-3-16-9/h5,10,12,15H,2-4,6H2,1H3. The normalized spacial score (nSPS) is 25.7. The van der Waals surface area contributed by atoms with Crippen LogP contribution in [-0.4, -0.2) is 23.6 Å². The van der Waals surface area contributed by atoms with Gasteiger partial charge in [0, 0.05) is 21.0 Å². The van der Waals surface area contributed by atoms with Crippen LogP contribution in [0.15, 0.2) is 10.5 Å². The van der Waals surface area contributed by atoms with Crippen LogP contribution in [-0.2, 0) is 5.75 Å². The molecule has 0 spiro atoms. The van der Waals surface area contributed by atoms with Crippen molar-refractivity contribution in [3.05, 3.63) is 21.7 Å². The third kappa shape index (κ3) is 1.92. The molecule has 0 fully saturated rings. The van der Waals surface area contributed by atoms with E-state index in [4.69, 9.17) is 9.47 Å². The van der Waals surface area contributed by atoms with Gasteiger partial charge in [-0.05, 0) is 18.1 Å². The molecular weight excluding hydrogens is 316 g/mol. The molecule has 0 bridgehead atoms. The Labute approximate surface area is 119 Å². The van der Waals surface area contributed by atoms with Crippen molar-refractivity contribution < 1.29 is 14.6 Å². The Hall–Kier alpha value is -0.390. The van der Waals surface area contributed by atoms with Crippen LogP contribution in [0.5, 0.6) is 11.5 Å². The molecule has 0 aliphatic carbocycles. The lowest BCUT2D eigenvalue weighted by atomic mass is 9.97. The van der Waals surface area contributed by atoms with Gasteiger partial charge in [-0.15, -0.1) is 0 Å². The number of hydrogen-bond acceptors (Lipinski definition) is 4. The Kier molecular flexibility index (Phi) is 3.47. The highest BCUT2D eigenvalue weighted by molar-refractivity contribution is 9.10. The lowest BCUT2D eigenvalue weighted by Crippen LogP contribution is -2.25. The highest BCUT2D eigenvalue weighted by Gasteiger charge is 2.34. The van der Waals surface area contributed by atoms with Crippen LogP contribution in [0.3, 0.4) is 0 Å². The second-order valence-electron chi connectivity index (χ2n) is 4.48. The summed E-state index contributed by atoms with van der Waals surface area (Å²) in [5.41, 5.74) is 2.06. The average Bonchev–Trinajstić information content (AvgIpc) is 2.39. The fraction of sp³-hybridized carbons (Fsp3) is 0.538. The molecule has 5 heteroatoms. The molecule has 2 unspecified atom stereocenters. The Balaban J connectivity index is 2.15. The minimum Gasteiger partial charge on any atom is -0.486 e. The zero-order valence-electron chi connectivity index (χ0n) is 10.1. The van der Waals surface area contributed by atoms with Gasteiger partial charge in [-0.25, -0.2) is 0 Å². The Morgan fingerprint density at radius 1 is 1.44 bits per heavy atom. The molecule has 0 amide bonds. The third-order valence-corrected chi connectivity index (χ3v) is 5.60. The Bertz CT molecular complexity index is 478. The molecule has 2 heterocycles. The lowest BCUT2D eigenvalue weighted by molar-refractivity contribution is 0.141. The third-order valence-electron chi connectivity index (χ3n) is 3.42. The summed E-state index contributed by atoms with van der Waals surface area (Å²) < 4.78 is 12.3. The number of benzene rings is 1. The van der Waals surface area contributed by atoms with Crippen LogP contribution in [0.1, 0.15) is 30.6 Å². The zero-order valence-corrected chi connectivity index (χ0v) is 12.5. The van der Waals surface area contributed by atoms with E-state index in [1.807, 2.05) is 6.07 Å². The van der Waals surface area contributed by atoms with Crippen molar-refractivity contribution in [2.24, 2.45) is 0 Å². The Morgan fingerprint density at radius 3 is 3.00 bits per heavy atom. The number of aliphatic hydroxyl groups excluding tert-OH is 1. The average molecular weight is 331 g/mol. The molecule has 3 nitrogen and oxygen atoms in total. The summed E-state index contributed by atoms with van der Waals surface area (Å²) in [7, 11) is 0. The molecule has 2 atom stereocenters. The van der Waals surface area contributed by atoms with Crippen molar-refractivity contribution in [1.82, 2.24) is 0 Å². The van der Waals surface area contributed by atoms with Crippen molar-refractivity contribution >= 4 is 27.7 Å². The first-order chi connectivity index (χ1) is 8.72. The van der Waals surface area contributed by atoms with Gasteiger partial charge in [-0.1, -0.05) is 22.9 Å². The second-order valence-corrected chi connectivity index (χ2v) is 6.56. The van der Waals surface area contributed by atoms with Crippen molar-refractivity contribution in [2.45, 2.75) is 30.5 Å². The number of halogens is 1. The van der Waals surface area contributed by atoms with E-state index in [1.165, 1.54) is 0 Å². The summed E-state index contributed by atoms with van der Waals surface area (Å²) in [6, 6.07) is 1.95. The fourth-order valence-electron chi connectivity index (χ4n) is 2.49. The maximum Gasteiger partial charge on any atom is 0.167 e. The molecule has 2 aliphatic rings. The van der Waals surface area contributed by atoms with Crippen molar-refractivity contribution in [3.8, 4) is 11.5 Å². The van der Waals surface area contributed by atoms with Crippen LogP contribution in [0.4, 0.5) is 0 Å². The number of aliphatic hydroxyl groups is 1. The molecule has 1 aromatic carbocycles. The molecule has 98 valence electrons. The van der Waals surface area contributed by atoms with Crippen LogP contribution in [0.25, 0.3) is 0 Å². The quantitative estimate of drug-likeness (QED) is 0.857. The van der Waals surface area contributed by atoms with E-state index in [1.54, 1.807) is 11.8 Å². The highest BCUT2D eigenvalue weighted by Crippen LogP contribution is 2.50. The molecule has 0 saturated heterocycles. The molecule has 1 aromatic rings. The van der Waals surface area contributed by atoms with E-state index in [0.717, 1.165) is 39.3 Å². The van der Waals surface area contributed by atoms with Crippen LogP contribution in [0.2, 0.25) is 0 Å². The number of hydrogen-bond donors (Lipinski definition) is 1. The maximum atomic E-state index is 10.5. The first-order valence-electron chi connectivity index (χ1n) is 6.13. The molecule has 0 saturated carbocycles. The maximum absolute atomic E-state index is 10.5. The largest absolute Gasteiger partial charge is 0.486 e. The van der Waals surface area contributed by atoms with Gasteiger partial charge >= 0.3 is 0 Å². The summed E-state index contributed by atoms with van der Waals surface area (Å²) in [6.07, 6.45) is 0.477. The number of fused-ring (bicyclic) bond motifs is 3. The first-order valence-corrected chi connectivity index (χ1v) is 7.97. The smallest absolute Gasteiger partial charge is 0.167 e. The fourth-order valence-corrected chi connectivity index (χ4v) is 4.48. The number of rotatable bonds is 1. The molecule has 2 aliphatic heterocycles. The zero-order chi connectivity index (χ0) is 12.7. The van der Waals surface area contributed by atoms with Gasteiger partial charge in [0.15, 0.2) is 11.5 Å². The summed E-state index contributed by atoms with van der Waals surface area (Å²) >= 11 is 5.37. The topological polar surface area (TPSA) is 38.7 Å². The Morgan fingerprint density at radius 2 is 2.22 bits per heavy atom. The lowest BCUT2D eigenvalue weighted by Gasteiger charge is -2.33. The monoisotopic (exact) mass is 330 g/mol. The SMILES string of the molecule is CCC1SCc2c(Br)cc3c(c2C1O)OCCO3. The van der Waals surface area contributed by atoms with Gasteiger partial charge in [-0.2, -0.15) is 11.8 Å². The van der Waals surface area contributed by atoms with Crippen molar-refractivity contribution in [3.63, 3.8) is 0 Å². The van der Waals surface area contributed by atoms with E-state index in [2.05, 4.69) is 22.9 Å². The van der Waals surface area contributed by atoms with Gasteiger partial charge in [0.1, 0.15) is 13.2 Å². The molecule has 1 N–H and O–H groups in total. The minimum absolute atomic E-state index is 0.237. The van der Waals surface area contributed by atoms with E-state index < -0.39 is 6.10 Å². The molecular formula is C13H15BrO3S. The van der Waals surface area contributed by atoms with Gasteiger partial charge in [0.25, 0.3) is 0 Å². The van der Waals surface area contributed by atoms with Crippen LogP contribution in [0, 0.1) is 0 Å². The number of ether oxygens (including phenoxy) is 2. The molecule has 0 aromatic heterocycles. The van der Waals surface area contributed by atoms with Crippen molar-refractivity contribution in [2.75, 3.05) is 13.2 Å². The minimum atomic E-state index is -0.475. The second kappa shape index (κ2) is 4.94. The van der Waals surface area contributed by atoms with Crippen LogP contribution < -0.4 is 9.47 Å². The van der Waals surface area contributed by atoms with Crippen molar-refractivity contribution in [1.29, 1.82) is 0 Å². The predicted molar refractivity (Wildman–Crippen MR) is 75.5 cm³/mol. The summed E-state index contributed by atoms with van der Waals surface area (Å²) in [5.74, 6) is 2.39. The van der Waals surface area contributed by atoms with Gasteiger partial charge in [0.2, 0.25) is 0 Å². The summed E-state index contributed by atoms with van der Waals surface area (Å²) in [6.45, 7) is 3.23. The molecule has 0 radical (unpaired) electrons. The van der Waals surface area contributed by atoms with Crippen LogP contribution >= 0.6 is 27.7 Å². The van der Waals surface area contributed by atoms with E-state index >= 15 is 0 Å².